The Bertz CT molecular complexity index is 443. The van der Waals surface area contributed by atoms with Crippen LogP contribution >= 0.6 is 23.2 Å². The van der Waals surface area contributed by atoms with Gasteiger partial charge in [-0.05, 0) is 12.1 Å². The molecule has 0 saturated heterocycles. The van der Waals surface area contributed by atoms with E-state index in [1.54, 1.807) is 12.1 Å². The number of benzene rings is 1. The molecule has 0 aliphatic carbocycles. The normalized spacial score (nSPS) is 19.8. The first-order valence-corrected chi connectivity index (χ1v) is 4.02. The zero-order valence-electron chi connectivity index (χ0n) is 5.83. The summed E-state index contributed by atoms with van der Waals surface area (Å²) in [6.07, 6.45) is -1.03. The van der Waals surface area contributed by atoms with Crippen LogP contribution in [-0.2, 0) is 0 Å². The molecule has 1 aromatic carbocycles. The van der Waals surface area contributed by atoms with E-state index in [1.165, 1.54) is 0 Å². The predicted octanol–water partition coefficient (Wildman–Crippen LogP) is 0.522. The monoisotopic (exact) mass is 202 g/mol. The molecule has 62 valence electrons. The van der Waals surface area contributed by atoms with Gasteiger partial charge in [-0.1, -0.05) is 23.2 Å². The lowest BCUT2D eigenvalue weighted by Crippen LogP contribution is -2.22. The minimum atomic E-state index is -1.03. The molecule has 3 nitrogen and oxygen atoms in total. The summed E-state index contributed by atoms with van der Waals surface area (Å²) in [4.78, 5) is 7.58. The Labute approximate surface area is 78.0 Å². The molecule has 1 aliphatic rings. The van der Waals surface area contributed by atoms with Crippen molar-refractivity contribution in [1.29, 1.82) is 0 Å². The van der Waals surface area contributed by atoms with Crippen LogP contribution in [-0.4, -0.2) is 11.5 Å². The number of rotatable bonds is 0. The fourth-order valence-electron chi connectivity index (χ4n) is 1.03. The highest BCUT2D eigenvalue weighted by Gasteiger charge is 2.09. The van der Waals surface area contributed by atoms with Crippen LogP contribution in [0.3, 0.4) is 0 Å². The molecule has 1 atom stereocenters. The standard InChI is InChI=1S/C7H4Cl2N2O/c8-3-1-2-4-6(5(3)9)11-7(12)10-4/h1-2,7,12H. The van der Waals surface area contributed by atoms with Crippen molar-refractivity contribution in [1.82, 2.24) is 0 Å². The molecule has 0 radical (unpaired) electrons. The molecule has 0 aromatic heterocycles. The summed E-state index contributed by atoms with van der Waals surface area (Å²) in [6, 6.07) is 3.29. The molecular formula is C7H4Cl2N2O. The second kappa shape index (κ2) is 2.69. The summed E-state index contributed by atoms with van der Waals surface area (Å²) < 4.78 is 0. The van der Waals surface area contributed by atoms with E-state index < -0.39 is 6.35 Å². The number of halogens is 2. The highest BCUT2D eigenvalue weighted by atomic mass is 35.5. The predicted molar refractivity (Wildman–Crippen MR) is 44.8 cm³/mol. The Morgan fingerprint density at radius 2 is 2.00 bits per heavy atom. The quantitative estimate of drug-likeness (QED) is 0.656. The maximum atomic E-state index is 9.03. The highest BCUT2D eigenvalue weighted by molar-refractivity contribution is 6.41. The van der Waals surface area contributed by atoms with E-state index in [0.29, 0.717) is 20.8 Å². The van der Waals surface area contributed by atoms with Crippen molar-refractivity contribution in [2.45, 2.75) is 6.35 Å². The van der Waals surface area contributed by atoms with E-state index in [-0.39, 0.29) is 0 Å². The minimum absolute atomic E-state index is 0.342. The lowest BCUT2D eigenvalue weighted by atomic mass is 10.3. The summed E-state index contributed by atoms with van der Waals surface area (Å²) in [5.41, 5.74) is 0. The van der Waals surface area contributed by atoms with Gasteiger partial charge in [0.05, 0.1) is 15.4 Å². The summed E-state index contributed by atoms with van der Waals surface area (Å²) >= 11 is 11.5. The van der Waals surface area contributed by atoms with Gasteiger partial charge in [-0.2, -0.15) is 0 Å². The minimum Gasteiger partial charge on any atom is -0.354 e. The van der Waals surface area contributed by atoms with Gasteiger partial charge in [0.1, 0.15) is 5.36 Å². The van der Waals surface area contributed by atoms with Gasteiger partial charge in [-0.3, -0.25) is 0 Å². The van der Waals surface area contributed by atoms with E-state index in [9.17, 15) is 0 Å². The average Bonchev–Trinajstić information content (AvgIpc) is 2.39. The molecule has 1 aliphatic heterocycles. The fourth-order valence-corrected chi connectivity index (χ4v) is 1.39. The van der Waals surface area contributed by atoms with Crippen LogP contribution in [0.5, 0.6) is 0 Å². The fraction of sp³-hybridized carbons (Fsp3) is 0.143. The first-order chi connectivity index (χ1) is 5.68. The first-order valence-electron chi connectivity index (χ1n) is 3.26. The third-order valence-corrected chi connectivity index (χ3v) is 2.34. The molecule has 2 rings (SSSR count). The van der Waals surface area contributed by atoms with Gasteiger partial charge in [0.25, 0.3) is 0 Å². The largest absolute Gasteiger partial charge is 0.354 e. The zero-order chi connectivity index (χ0) is 8.72. The van der Waals surface area contributed by atoms with Crippen LogP contribution in [0.25, 0.3) is 0 Å². The van der Waals surface area contributed by atoms with Crippen molar-refractivity contribution >= 4 is 23.2 Å². The maximum Gasteiger partial charge on any atom is 0.244 e. The van der Waals surface area contributed by atoms with Crippen molar-refractivity contribution in [3.05, 3.63) is 32.9 Å². The summed E-state index contributed by atoms with van der Waals surface area (Å²) in [5.74, 6) is 0. The van der Waals surface area contributed by atoms with Gasteiger partial charge in [0, 0.05) is 0 Å². The van der Waals surface area contributed by atoms with Crippen LogP contribution < -0.4 is 10.7 Å². The van der Waals surface area contributed by atoms with E-state index in [1.807, 2.05) is 0 Å². The average molecular weight is 203 g/mol. The number of fused-ring (bicyclic) bond motifs is 1. The lowest BCUT2D eigenvalue weighted by Gasteiger charge is -1.91. The summed E-state index contributed by atoms with van der Waals surface area (Å²) in [5, 5.41) is 10.8. The van der Waals surface area contributed by atoms with Crippen LogP contribution in [0.15, 0.2) is 22.1 Å². The molecular weight excluding hydrogens is 199 g/mol. The molecule has 1 aromatic rings. The van der Waals surface area contributed by atoms with Gasteiger partial charge in [0.15, 0.2) is 0 Å². The van der Waals surface area contributed by atoms with Crippen molar-refractivity contribution in [2.24, 2.45) is 9.98 Å². The van der Waals surface area contributed by atoms with E-state index in [4.69, 9.17) is 28.3 Å². The van der Waals surface area contributed by atoms with Gasteiger partial charge in [-0.25, -0.2) is 9.98 Å². The van der Waals surface area contributed by atoms with E-state index in [2.05, 4.69) is 9.98 Å². The van der Waals surface area contributed by atoms with Crippen LogP contribution in [0.1, 0.15) is 0 Å². The summed E-state index contributed by atoms with van der Waals surface area (Å²) in [7, 11) is 0. The molecule has 1 unspecified atom stereocenters. The molecule has 0 bridgehead atoms. The zero-order valence-corrected chi connectivity index (χ0v) is 7.34. The Morgan fingerprint density at radius 3 is 2.75 bits per heavy atom. The maximum absolute atomic E-state index is 9.03. The SMILES string of the molecule is OC1N=c2ccc(Cl)c(Cl)c2=N1. The molecule has 12 heavy (non-hydrogen) atoms. The van der Waals surface area contributed by atoms with Gasteiger partial charge >= 0.3 is 0 Å². The number of aliphatic hydroxyl groups is 1. The molecule has 1 N–H and O–H groups in total. The van der Waals surface area contributed by atoms with Crippen LogP contribution in [0.2, 0.25) is 10.0 Å². The van der Waals surface area contributed by atoms with Crippen molar-refractivity contribution in [3.63, 3.8) is 0 Å². The topological polar surface area (TPSA) is 45.0 Å². The highest BCUT2D eigenvalue weighted by Crippen LogP contribution is 2.15. The van der Waals surface area contributed by atoms with Crippen molar-refractivity contribution in [3.8, 4) is 0 Å². The molecule has 0 amide bonds. The first kappa shape index (κ1) is 7.98. The number of nitrogens with zero attached hydrogens (tertiary/aromatic N) is 2. The summed E-state index contributed by atoms with van der Waals surface area (Å²) in [6.45, 7) is 0. The van der Waals surface area contributed by atoms with Crippen molar-refractivity contribution in [2.75, 3.05) is 0 Å². The Morgan fingerprint density at radius 1 is 1.25 bits per heavy atom. The van der Waals surface area contributed by atoms with Gasteiger partial charge < -0.3 is 5.11 Å². The lowest BCUT2D eigenvalue weighted by molar-refractivity contribution is 0.193. The smallest absolute Gasteiger partial charge is 0.244 e. The third kappa shape index (κ3) is 1.10. The van der Waals surface area contributed by atoms with Crippen LogP contribution in [0, 0.1) is 0 Å². The van der Waals surface area contributed by atoms with E-state index >= 15 is 0 Å². The Kier molecular flexibility index (Phi) is 1.79. The van der Waals surface area contributed by atoms with Crippen LogP contribution in [0.4, 0.5) is 0 Å². The third-order valence-electron chi connectivity index (χ3n) is 1.55. The van der Waals surface area contributed by atoms with E-state index in [0.717, 1.165) is 0 Å². The number of aliphatic hydroxyl groups excluding tert-OH is 1. The molecule has 0 spiro atoms. The van der Waals surface area contributed by atoms with Gasteiger partial charge in [0.2, 0.25) is 6.35 Å². The second-order valence-corrected chi connectivity index (χ2v) is 3.12. The number of hydrogen-bond acceptors (Lipinski definition) is 3. The molecule has 0 saturated carbocycles. The van der Waals surface area contributed by atoms with Gasteiger partial charge in [-0.15, -0.1) is 0 Å². The Balaban J connectivity index is 2.87. The Hall–Kier alpha value is -0.640. The second-order valence-electron chi connectivity index (χ2n) is 2.33. The molecule has 5 heteroatoms. The number of hydrogen-bond donors (Lipinski definition) is 1. The molecule has 0 fully saturated rings. The molecule has 1 heterocycles. The van der Waals surface area contributed by atoms with Crippen molar-refractivity contribution < 1.29 is 5.11 Å².